The summed E-state index contributed by atoms with van der Waals surface area (Å²) in [5.74, 6) is 0.228. The second kappa shape index (κ2) is 8.88. The van der Waals surface area contributed by atoms with Crippen LogP contribution in [0.25, 0.3) is 0 Å². The number of para-hydroxylation sites is 1. The zero-order chi connectivity index (χ0) is 19.2. The van der Waals surface area contributed by atoms with Crippen LogP contribution in [0.1, 0.15) is 28.5 Å². The van der Waals surface area contributed by atoms with Gasteiger partial charge in [0.25, 0.3) is 0 Å². The van der Waals surface area contributed by atoms with Crippen molar-refractivity contribution in [2.75, 3.05) is 5.32 Å². The van der Waals surface area contributed by atoms with Crippen molar-refractivity contribution in [1.29, 1.82) is 0 Å². The molecule has 3 aromatic rings. The van der Waals surface area contributed by atoms with Gasteiger partial charge in [-0.05, 0) is 30.2 Å². The minimum Gasteiger partial charge on any atom is -0.478 e. The predicted molar refractivity (Wildman–Crippen MR) is 109 cm³/mol. The second-order valence-corrected chi connectivity index (χ2v) is 7.09. The standard InChI is InChI=1S/C20H18ClN3O2S/c1-2-14-11-18(23-17-10-6-4-8-15(17)19(25)26)24-20(22-14)27-12-13-7-3-5-9-16(13)21/h3-11H,2,12H2,1H3,(H,25,26)(H,22,23,24). The number of thioether (sulfide) groups is 1. The molecule has 27 heavy (non-hydrogen) atoms. The lowest BCUT2D eigenvalue weighted by Crippen LogP contribution is -2.05. The number of halogens is 1. The fourth-order valence-electron chi connectivity index (χ4n) is 2.46. The Bertz CT molecular complexity index is 965. The summed E-state index contributed by atoms with van der Waals surface area (Å²) >= 11 is 7.70. The minimum absolute atomic E-state index is 0.194. The number of nitrogens with one attached hydrogen (secondary N) is 1. The highest BCUT2D eigenvalue weighted by Gasteiger charge is 2.11. The highest BCUT2D eigenvalue weighted by atomic mass is 35.5. The molecule has 0 radical (unpaired) electrons. The number of anilines is 2. The van der Waals surface area contributed by atoms with Crippen LogP contribution in [0.15, 0.2) is 59.8 Å². The van der Waals surface area contributed by atoms with Gasteiger partial charge in [-0.1, -0.05) is 60.6 Å². The normalized spacial score (nSPS) is 10.6. The largest absolute Gasteiger partial charge is 0.478 e. The Kier molecular flexibility index (Phi) is 6.32. The molecule has 0 unspecified atom stereocenters. The molecule has 5 nitrogen and oxygen atoms in total. The number of hydrogen-bond acceptors (Lipinski definition) is 5. The molecule has 0 bridgehead atoms. The summed E-state index contributed by atoms with van der Waals surface area (Å²) in [5.41, 5.74) is 2.58. The van der Waals surface area contributed by atoms with E-state index in [4.69, 9.17) is 11.6 Å². The quantitative estimate of drug-likeness (QED) is 0.407. The lowest BCUT2D eigenvalue weighted by Gasteiger charge is -2.11. The third kappa shape index (κ3) is 4.99. The first-order valence-electron chi connectivity index (χ1n) is 8.40. The van der Waals surface area contributed by atoms with Crippen molar-refractivity contribution in [2.45, 2.75) is 24.3 Å². The number of aromatic carboxylic acids is 1. The zero-order valence-corrected chi connectivity index (χ0v) is 16.2. The molecule has 2 N–H and O–H groups in total. The highest BCUT2D eigenvalue weighted by Crippen LogP contribution is 2.27. The number of carboxylic acid groups (broad SMARTS) is 1. The number of hydrogen-bond donors (Lipinski definition) is 2. The predicted octanol–water partition coefficient (Wildman–Crippen LogP) is 5.43. The van der Waals surface area contributed by atoms with E-state index in [-0.39, 0.29) is 5.56 Å². The van der Waals surface area contributed by atoms with Gasteiger partial charge >= 0.3 is 5.97 Å². The first-order valence-corrected chi connectivity index (χ1v) is 9.76. The maximum atomic E-state index is 11.4. The van der Waals surface area contributed by atoms with Gasteiger partial charge in [0.1, 0.15) is 5.82 Å². The summed E-state index contributed by atoms with van der Waals surface area (Å²) in [6.07, 6.45) is 0.747. The van der Waals surface area contributed by atoms with Gasteiger partial charge in [-0.2, -0.15) is 0 Å². The zero-order valence-electron chi connectivity index (χ0n) is 14.6. The van der Waals surface area contributed by atoms with Gasteiger partial charge in [0.15, 0.2) is 5.16 Å². The number of carbonyl (C=O) groups is 1. The fourth-order valence-corrected chi connectivity index (χ4v) is 3.62. The van der Waals surface area contributed by atoms with Gasteiger partial charge in [-0.3, -0.25) is 0 Å². The van der Waals surface area contributed by atoms with Crippen molar-refractivity contribution in [1.82, 2.24) is 9.97 Å². The Balaban J connectivity index is 1.84. The Labute approximate surface area is 166 Å². The summed E-state index contributed by atoms with van der Waals surface area (Å²) in [6.45, 7) is 2.01. The molecular formula is C20H18ClN3O2S. The molecule has 0 saturated carbocycles. The van der Waals surface area contributed by atoms with Crippen LogP contribution in [0.2, 0.25) is 5.02 Å². The van der Waals surface area contributed by atoms with Gasteiger partial charge in [0, 0.05) is 22.5 Å². The molecule has 2 aromatic carbocycles. The van der Waals surface area contributed by atoms with E-state index in [1.54, 1.807) is 24.3 Å². The van der Waals surface area contributed by atoms with Gasteiger partial charge < -0.3 is 10.4 Å². The number of aryl methyl sites for hydroxylation is 1. The Morgan fingerprint density at radius 2 is 1.89 bits per heavy atom. The van der Waals surface area contributed by atoms with E-state index in [0.717, 1.165) is 17.7 Å². The molecule has 1 heterocycles. The van der Waals surface area contributed by atoms with Crippen molar-refractivity contribution < 1.29 is 9.90 Å². The maximum Gasteiger partial charge on any atom is 0.337 e. The van der Waals surface area contributed by atoms with Crippen LogP contribution in [0.5, 0.6) is 0 Å². The molecule has 3 rings (SSSR count). The van der Waals surface area contributed by atoms with Crippen molar-refractivity contribution in [3.8, 4) is 0 Å². The summed E-state index contributed by atoms with van der Waals surface area (Å²) in [6, 6.07) is 16.2. The highest BCUT2D eigenvalue weighted by molar-refractivity contribution is 7.98. The third-order valence-corrected chi connectivity index (χ3v) is 5.12. The fraction of sp³-hybridized carbons (Fsp3) is 0.150. The van der Waals surface area contributed by atoms with E-state index in [1.165, 1.54) is 11.8 Å². The minimum atomic E-state index is -0.990. The maximum absolute atomic E-state index is 11.4. The van der Waals surface area contributed by atoms with E-state index < -0.39 is 5.97 Å². The van der Waals surface area contributed by atoms with Crippen LogP contribution in [0, 0.1) is 0 Å². The molecule has 7 heteroatoms. The summed E-state index contributed by atoms with van der Waals surface area (Å²) in [7, 11) is 0. The topological polar surface area (TPSA) is 75.1 Å². The van der Waals surface area contributed by atoms with Crippen molar-refractivity contribution in [3.63, 3.8) is 0 Å². The number of carboxylic acids is 1. The molecule has 0 saturated heterocycles. The lowest BCUT2D eigenvalue weighted by atomic mass is 10.2. The monoisotopic (exact) mass is 399 g/mol. The van der Waals surface area contributed by atoms with Crippen molar-refractivity contribution in [3.05, 3.63) is 76.4 Å². The number of benzene rings is 2. The summed E-state index contributed by atoms with van der Waals surface area (Å²) in [4.78, 5) is 20.5. The molecule has 0 spiro atoms. The SMILES string of the molecule is CCc1cc(Nc2ccccc2C(=O)O)nc(SCc2ccccc2Cl)n1. The van der Waals surface area contributed by atoms with E-state index >= 15 is 0 Å². The van der Waals surface area contributed by atoms with Gasteiger partial charge in [-0.15, -0.1) is 0 Å². The molecule has 0 fully saturated rings. The Hall–Kier alpha value is -2.57. The van der Waals surface area contributed by atoms with E-state index in [1.807, 2.05) is 37.3 Å². The lowest BCUT2D eigenvalue weighted by molar-refractivity contribution is 0.0698. The second-order valence-electron chi connectivity index (χ2n) is 5.74. The van der Waals surface area contributed by atoms with Crippen LogP contribution in [-0.2, 0) is 12.2 Å². The first kappa shape index (κ1) is 19.2. The number of nitrogens with zero attached hydrogens (tertiary/aromatic N) is 2. The Morgan fingerprint density at radius 1 is 1.15 bits per heavy atom. The average Bonchev–Trinajstić information content (AvgIpc) is 2.67. The number of aromatic nitrogens is 2. The van der Waals surface area contributed by atoms with Crippen molar-refractivity contribution in [2.24, 2.45) is 0 Å². The van der Waals surface area contributed by atoms with E-state index in [0.29, 0.717) is 27.4 Å². The summed E-state index contributed by atoms with van der Waals surface area (Å²) in [5, 5.41) is 13.8. The Morgan fingerprint density at radius 3 is 2.63 bits per heavy atom. The average molecular weight is 400 g/mol. The molecule has 138 valence electrons. The van der Waals surface area contributed by atoms with Crippen LogP contribution in [0.3, 0.4) is 0 Å². The van der Waals surface area contributed by atoms with E-state index in [9.17, 15) is 9.90 Å². The molecule has 1 aromatic heterocycles. The van der Waals surface area contributed by atoms with Gasteiger partial charge in [0.2, 0.25) is 0 Å². The van der Waals surface area contributed by atoms with Crippen LogP contribution in [-0.4, -0.2) is 21.0 Å². The summed E-state index contributed by atoms with van der Waals surface area (Å²) < 4.78 is 0. The van der Waals surface area contributed by atoms with Gasteiger partial charge in [-0.25, -0.2) is 14.8 Å². The molecule has 0 aliphatic carbocycles. The smallest absolute Gasteiger partial charge is 0.337 e. The number of rotatable bonds is 7. The van der Waals surface area contributed by atoms with Crippen LogP contribution in [0.4, 0.5) is 11.5 Å². The first-order chi connectivity index (χ1) is 13.1. The molecular weight excluding hydrogens is 382 g/mol. The molecule has 0 aliphatic heterocycles. The molecule has 0 amide bonds. The van der Waals surface area contributed by atoms with Crippen molar-refractivity contribution >= 4 is 40.8 Å². The molecule has 0 atom stereocenters. The van der Waals surface area contributed by atoms with E-state index in [2.05, 4.69) is 15.3 Å². The third-order valence-electron chi connectivity index (χ3n) is 3.86. The van der Waals surface area contributed by atoms with Crippen LogP contribution >= 0.6 is 23.4 Å². The van der Waals surface area contributed by atoms with Gasteiger partial charge in [0.05, 0.1) is 11.3 Å². The molecule has 0 aliphatic rings. The van der Waals surface area contributed by atoms with Crippen LogP contribution < -0.4 is 5.32 Å².